The van der Waals surface area contributed by atoms with Crippen LogP contribution in [0.15, 0.2) is 62.5 Å². The fraction of sp³-hybridized carbons (Fsp3) is 0.471. The number of nitrogens with zero attached hydrogens (tertiary/aromatic N) is 16. The normalized spacial score (nSPS) is 9.25. The molecule has 312 valence electrons. The SMILES string of the molecule is C.Cc1ccco1.Cc1cnc(C)o1.Cc1nnc(C)o1.Cc1nncn1C.Cc1nnn(C)n1.Cc1noc(=O)n1C.Cc1noc(C)n1.Cc1noc(C)n1. The Kier molecular flexibility index (Phi) is 23.5. The highest BCUT2D eigenvalue weighted by Crippen LogP contribution is 1.97. The maximum atomic E-state index is 10.4. The molecule has 0 bridgehead atoms. The van der Waals surface area contributed by atoms with Crippen LogP contribution in [0, 0.1) is 83.1 Å². The van der Waals surface area contributed by atoms with Gasteiger partial charge < -0.3 is 26.9 Å². The van der Waals surface area contributed by atoms with Crippen LogP contribution in [0.4, 0.5) is 0 Å². The molecule has 0 spiro atoms. The van der Waals surface area contributed by atoms with Gasteiger partial charge in [0.2, 0.25) is 23.6 Å². The van der Waals surface area contributed by atoms with Crippen molar-refractivity contribution in [3.8, 4) is 0 Å². The van der Waals surface area contributed by atoms with Crippen LogP contribution in [-0.4, -0.2) is 80.2 Å². The topological polar surface area (TPSA) is 278 Å². The lowest BCUT2D eigenvalue weighted by Crippen LogP contribution is -2.09. The molecule has 0 atom stereocenters. The van der Waals surface area contributed by atoms with Crippen LogP contribution in [0.5, 0.6) is 0 Å². The molecule has 57 heavy (non-hydrogen) atoms. The van der Waals surface area contributed by atoms with Gasteiger partial charge in [-0.2, -0.15) is 14.8 Å². The van der Waals surface area contributed by atoms with Gasteiger partial charge in [0.05, 0.1) is 19.5 Å². The summed E-state index contributed by atoms with van der Waals surface area (Å²) in [5, 5.41) is 36.0. The monoisotopic (exact) mass is 798 g/mol. The molecular weight excluding hydrogens is 744 g/mol. The van der Waals surface area contributed by atoms with Gasteiger partial charge in [-0.25, -0.2) is 9.78 Å². The van der Waals surface area contributed by atoms with Gasteiger partial charge in [0, 0.05) is 48.7 Å². The fourth-order valence-electron chi connectivity index (χ4n) is 3.10. The molecule has 0 saturated carbocycles. The summed E-state index contributed by atoms with van der Waals surface area (Å²) in [5.74, 6) is 8.28. The number of aryl methyl sites for hydroxylation is 14. The van der Waals surface area contributed by atoms with E-state index in [1.807, 2.05) is 51.4 Å². The van der Waals surface area contributed by atoms with Gasteiger partial charge in [0.25, 0.3) is 0 Å². The van der Waals surface area contributed by atoms with Gasteiger partial charge in [0.1, 0.15) is 23.7 Å². The van der Waals surface area contributed by atoms with E-state index in [1.165, 1.54) is 9.36 Å². The average Bonchev–Trinajstić information content (AvgIpc) is 4.03. The molecule has 8 aromatic rings. The Morgan fingerprint density at radius 3 is 1.30 bits per heavy atom. The minimum atomic E-state index is -0.414. The van der Waals surface area contributed by atoms with Gasteiger partial charge in [-0.15, -0.1) is 30.6 Å². The number of tetrazole rings is 1. The molecule has 0 fully saturated rings. The van der Waals surface area contributed by atoms with Crippen LogP contribution < -0.4 is 5.76 Å². The third-order valence-corrected chi connectivity index (χ3v) is 5.85. The third-order valence-electron chi connectivity index (χ3n) is 5.85. The average molecular weight is 799 g/mol. The molecule has 0 aromatic carbocycles. The highest BCUT2D eigenvalue weighted by Gasteiger charge is 1.97. The van der Waals surface area contributed by atoms with Gasteiger partial charge in [0.15, 0.2) is 29.2 Å². The van der Waals surface area contributed by atoms with Gasteiger partial charge >= 0.3 is 5.76 Å². The summed E-state index contributed by atoms with van der Waals surface area (Å²) in [4.78, 5) is 23.3. The number of furan rings is 1. The van der Waals surface area contributed by atoms with Crippen molar-refractivity contribution < 1.29 is 26.8 Å². The minimum Gasteiger partial charge on any atom is -0.470 e. The molecule has 0 aliphatic rings. The Morgan fingerprint density at radius 2 is 1.18 bits per heavy atom. The van der Waals surface area contributed by atoms with Crippen LogP contribution in [0.2, 0.25) is 0 Å². The van der Waals surface area contributed by atoms with Crippen molar-refractivity contribution in [2.75, 3.05) is 0 Å². The largest absolute Gasteiger partial charge is 0.470 e. The Bertz CT molecular complexity index is 1910. The Labute approximate surface area is 329 Å². The number of aromatic nitrogens is 16. The van der Waals surface area contributed by atoms with E-state index >= 15 is 0 Å². The fourth-order valence-corrected chi connectivity index (χ4v) is 3.10. The summed E-state index contributed by atoms with van der Waals surface area (Å²) >= 11 is 0. The lowest BCUT2D eigenvalue weighted by atomic mass is 10.5. The lowest BCUT2D eigenvalue weighted by Gasteiger charge is -1.84. The van der Waals surface area contributed by atoms with E-state index in [1.54, 1.807) is 88.3 Å². The second-order valence-corrected chi connectivity index (χ2v) is 11.1. The minimum absolute atomic E-state index is 0. The van der Waals surface area contributed by atoms with E-state index in [0.717, 1.165) is 23.2 Å². The first-order valence-electron chi connectivity index (χ1n) is 16.6. The molecule has 8 heterocycles. The second kappa shape index (κ2) is 26.8. The standard InChI is InChI=1S/C5H7NO.C5H6O.C4H7N3.C4H6N2O2.3C4H6N2O.C3H6N4.CH4/c1-4-3-6-5(2)7-4;1-5-3-2-4-6-5;1-4-6-5-3-7(4)2;1-3-5-8-4(7)6(3)2;1-3-5-6-4(2)7-3;2*1-3-5-4(2)7-6-3;1-3-4-6-7(2)5-3;/h3H,1-2H3;2-4H,1H3;3H,1-2H3;1-2H3;4*1-2H3;1H4. The Balaban J connectivity index is 0.000000628. The summed E-state index contributed by atoms with van der Waals surface area (Å²) in [6.07, 6.45) is 5.04. The van der Waals surface area contributed by atoms with Crippen LogP contribution in [0.1, 0.15) is 77.5 Å². The third kappa shape index (κ3) is 23.5. The quantitative estimate of drug-likeness (QED) is 0.197. The molecule has 0 amide bonds. The first kappa shape index (κ1) is 50.1. The van der Waals surface area contributed by atoms with Crippen LogP contribution in [0.25, 0.3) is 0 Å². The number of hydrogen-bond donors (Lipinski definition) is 0. The predicted molar refractivity (Wildman–Crippen MR) is 203 cm³/mol. The van der Waals surface area contributed by atoms with Crippen molar-refractivity contribution in [2.24, 2.45) is 21.1 Å². The van der Waals surface area contributed by atoms with E-state index in [0.29, 0.717) is 46.9 Å². The van der Waals surface area contributed by atoms with E-state index in [4.69, 9.17) is 13.3 Å². The molecule has 8 aromatic heterocycles. The molecular formula is C34H54N16O7. The second-order valence-electron chi connectivity index (χ2n) is 11.1. The van der Waals surface area contributed by atoms with Crippen molar-refractivity contribution in [3.63, 3.8) is 0 Å². The molecule has 23 nitrogen and oxygen atoms in total. The van der Waals surface area contributed by atoms with Crippen molar-refractivity contribution in [1.82, 2.24) is 80.2 Å². The van der Waals surface area contributed by atoms with Gasteiger partial charge in [-0.05, 0) is 65.8 Å². The van der Waals surface area contributed by atoms with Crippen molar-refractivity contribution >= 4 is 0 Å². The van der Waals surface area contributed by atoms with E-state index in [-0.39, 0.29) is 7.43 Å². The molecule has 0 N–H and O–H groups in total. The highest BCUT2D eigenvalue weighted by molar-refractivity contribution is 4.93. The van der Waals surface area contributed by atoms with Crippen LogP contribution >= 0.6 is 0 Å². The molecule has 23 heteroatoms. The maximum absolute atomic E-state index is 10.4. The maximum Gasteiger partial charge on any atom is 0.441 e. The molecule has 0 saturated heterocycles. The zero-order chi connectivity index (χ0) is 42.2. The molecule has 0 aliphatic carbocycles. The predicted octanol–water partition coefficient (Wildman–Crippen LogP) is 4.90. The molecule has 0 radical (unpaired) electrons. The molecule has 0 aliphatic heterocycles. The van der Waals surface area contributed by atoms with Crippen molar-refractivity contribution in [3.05, 3.63) is 112 Å². The zero-order valence-electron chi connectivity index (χ0n) is 34.4. The van der Waals surface area contributed by atoms with E-state index in [2.05, 4.69) is 79.8 Å². The highest BCUT2D eigenvalue weighted by atomic mass is 16.5. The summed E-state index contributed by atoms with van der Waals surface area (Å²) in [7, 11) is 5.25. The van der Waals surface area contributed by atoms with Crippen LogP contribution in [0.3, 0.4) is 0 Å². The number of oxazole rings is 1. The van der Waals surface area contributed by atoms with Gasteiger partial charge in [-0.3, -0.25) is 9.09 Å². The molecule has 0 unspecified atom stereocenters. The summed E-state index contributed by atoms with van der Waals surface area (Å²) in [6, 6.07) is 3.79. The summed E-state index contributed by atoms with van der Waals surface area (Å²) < 4.78 is 31.3. The Hall–Kier alpha value is -6.94. The van der Waals surface area contributed by atoms with Crippen molar-refractivity contribution in [2.45, 2.75) is 90.5 Å². The first-order chi connectivity index (χ1) is 26.4. The Morgan fingerprint density at radius 1 is 0.596 bits per heavy atom. The van der Waals surface area contributed by atoms with E-state index in [9.17, 15) is 4.79 Å². The number of hydrogen-bond acceptors (Lipinski definition) is 20. The smallest absolute Gasteiger partial charge is 0.441 e. The zero-order valence-corrected chi connectivity index (χ0v) is 34.4. The summed E-state index contributed by atoms with van der Waals surface area (Å²) in [5.41, 5.74) is 0. The van der Waals surface area contributed by atoms with Crippen LogP contribution in [-0.2, 0) is 21.1 Å². The lowest BCUT2D eigenvalue weighted by molar-refractivity contribution is 0.377. The first-order valence-corrected chi connectivity index (χ1v) is 16.6. The summed E-state index contributed by atoms with van der Waals surface area (Å²) in [6.45, 7) is 21.7. The van der Waals surface area contributed by atoms with E-state index < -0.39 is 5.76 Å². The van der Waals surface area contributed by atoms with Gasteiger partial charge in [-0.1, -0.05) is 22.9 Å². The number of rotatable bonds is 0. The van der Waals surface area contributed by atoms with Crippen molar-refractivity contribution in [1.29, 1.82) is 0 Å². The molecule has 8 rings (SSSR count).